The quantitative estimate of drug-likeness (QED) is 0.817. The molecule has 1 heterocycles. The highest BCUT2D eigenvalue weighted by Crippen LogP contribution is 2.26. The summed E-state index contributed by atoms with van der Waals surface area (Å²) in [6.07, 6.45) is 1.95. The van der Waals surface area contributed by atoms with E-state index in [1.165, 1.54) is 12.8 Å². The van der Waals surface area contributed by atoms with E-state index < -0.39 is 6.10 Å². The summed E-state index contributed by atoms with van der Waals surface area (Å²) in [5.41, 5.74) is 7.30. The number of likely N-dealkylation sites (tertiary alicyclic amines) is 1. The second-order valence-electron chi connectivity index (χ2n) is 5.50. The zero-order valence-electron chi connectivity index (χ0n) is 11.8. The van der Waals surface area contributed by atoms with E-state index in [0.717, 1.165) is 24.6 Å². The Labute approximate surface area is 115 Å². The van der Waals surface area contributed by atoms with Crippen LogP contribution >= 0.6 is 0 Å². The average molecular weight is 264 g/mol. The number of rotatable bonds is 4. The minimum atomic E-state index is -0.485. The van der Waals surface area contributed by atoms with Crippen LogP contribution in [0.1, 0.15) is 31.4 Å². The van der Waals surface area contributed by atoms with E-state index in [-0.39, 0.29) is 0 Å². The topological polar surface area (TPSA) is 58.7 Å². The number of nitrogens with zero attached hydrogens (tertiary/aromatic N) is 1. The second kappa shape index (κ2) is 6.26. The van der Waals surface area contributed by atoms with Gasteiger partial charge >= 0.3 is 0 Å². The summed E-state index contributed by atoms with van der Waals surface area (Å²) >= 11 is 0. The zero-order chi connectivity index (χ0) is 13.8. The van der Waals surface area contributed by atoms with E-state index in [9.17, 15) is 5.11 Å². The Morgan fingerprint density at radius 1 is 1.42 bits per heavy atom. The monoisotopic (exact) mass is 264 g/mol. The number of β-amino-alcohol motifs (C(OH)–C–C–N with tert-alkyl or cyclic N) is 1. The zero-order valence-corrected chi connectivity index (χ0v) is 11.8. The van der Waals surface area contributed by atoms with Crippen LogP contribution < -0.4 is 10.5 Å². The number of nitrogens with two attached hydrogens (primary N) is 1. The van der Waals surface area contributed by atoms with Crippen LogP contribution in [0.5, 0.6) is 5.75 Å². The molecule has 0 amide bonds. The Hall–Kier alpha value is -1.26. The SMILES string of the molecule is COc1ccc(C(O)CN2CCC(C)CC2)cc1N. The van der Waals surface area contributed by atoms with E-state index in [4.69, 9.17) is 10.5 Å². The first-order chi connectivity index (χ1) is 9.10. The fourth-order valence-corrected chi connectivity index (χ4v) is 2.55. The van der Waals surface area contributed by atoms with E-state index in [1.807, 2.05) is 12.1 Å². The van der Waals surface area contributed by atoms with Crippen molar-refractivity contribution in [3.8, 4) is 5.75 Å². The van der Waals surface area contributed by atoms with Gasteiger partial charge in [0.1, 0.15) is 5.75 Å². The largest absolute Gasteiger partial charge is 0.495 e. The van der Waals surface area contributed by atoms with Gasteiger partial charge in [-0.3, -0.25) is 0 Å². The Bertz CT molecular complexity index is 415. The lowest BCUT2D eigenvalue weighted by Gasteiger charge is -2.31. The first kappa shape index (κ1) is 14.2. The first-order valence-electron chi connectivity index (χ1n) is 6.94. The summed E-state index contributed by atoms with van der Waals surface area (Å²) in [6.45, 7) is 5.12. The third-order valence-electron chi connectivity index (χ3n) is 3.95. The number of anilines is 1. The molecule has 0 spiro atoms. The van der Waals surface area contributed by atoms with E-state index in [2.05, 4.69) is 11.8 Å². The number of hydrogen-bond donors (Lipinski definition) is 2. The van der Waals surface area contributed by atoms with Gasteiger partial charge in [0, 0.05) is 6.54 Å². The molecule has 1 aliphatic heterocycles. The molecule has 1 atom stereocenters. The van der Waals surface area contributed by atoms with Crippen molar-refractivity contribution < 1.29 is 9.84 Å². The van der Waals surface area contributed by atoms with Crippen LogP contribution in [0, 0.1) is 5.92 Å². The van der Waals surface area contributed by atoms with Gasteiger partial charge in [0.25, 0.3) is 0 Å². The van der Waals surface area contributed by atoms with Gasteiger partial charge in [0.2, 0.25) is 0 Å². The van der Waals surface area contributed by atoms with Crippen LogP contribution in [0.15, 0.2) is 18.2 Å². The van der Waals surface area contributed by atoms with Gasteiger partial charge in [0.15, 0.2) is 0 Å². The maximum Gasteiger partial charge on any atom is 0.141 e. The number of ether oxygens (including phenoxy) is 1. The number of benzene rings is 1. The number of aliphatic hydroxyl groups is 1. The number of methoxy groups -OCH3 is 1. The molecule has 0 bridgehead atoms. The minimum absolute atomic E-state index is 0.485. The maximum atomic E-state index is 10.3. The molecule has 1 aromatic rings. The van der Waals surface area contributed by atoms with E-state index in [1.54, 1.807) is 13.2 Å². The third-order valence-corrected chi connectivity index (χ3v) is 3.95. The molecule has 0 radical (unpaired) electrons. The third kappa shape index (κ3) is 3.61. The summed E-state index contributed by atoms with van der Waals surface area (Å²) in [6, 6.07) is 5.49. The summed E-state index contributed by atoms with van der Waals surface area (Å²) in [7, 11) is 1.59. The molecule has 3 N–H and O–H groups in total. The fraction of sp³-hybridized carbons (Fsp3) is 0.600. The molecule has 19 heavy (non-hydrogen) atoms. The Morgan fingerprint density at radius 2 is 2.11 bits per heavy atom. The molecule has 1 aromatic carbocycles. The van der Waals surface area contributed by atoms with Gasteiger partial charge < -0.3 is 20.5 Å². The Morgan fingerprint density at radius 3 is 2.68 bits per heavy atom. The van der Waals surface area contributed by atoms with Crippen LogP contribution in [-0.4, -0.2) is 36.8 Å². The highest BCUT2D eigenvalue weighted by molar-refractivity contribution is 5.54. The maximum absolute atomic E-state index is 10.3. The average Bonchev–Trinajstić information content (AvgIpc) is 2.41. The molecule has 2 rings (SSSR count). The van der Waals surface area contributed by atoms with E-state index in [0.29, 0.717) is 18.0 Å². The molecule has 1 saturated heterocycles. The summed E-state index contributed by atoms with van der Waals surface area (Å²) < 4.78 is 5.12. The molecule has 4 heteroatoms. The summed E-state index contributed by atoms with van der Waals surface area (Å²) in [4.78, 5) is 2.32. The van der Waals surface area contributed by atoms with Gasteiger partial charge in [-0.25, -0.2) is 0 Å². The molecule has 4 nitrogen and oxygen atoms in total. The summed E-state index contributed by atoms with van der Waals surface area (Å²) in [5.74, 6) is 1.47. The summed E-state index contributed by atoms with van der Waals surface area (Å²) in [5, 5.41) is 10.3. The lowest BCUT2D eigenvalue weighted by Crippen LogP contribution is -2.35. The van der Waals surface area contributed by atoms with Crippen molar-refractivity contribution in [2.45, 2.75) is 25.9 Å². The molecular weight excluding hydrogens is 240 g/mol. The molecule has 106 valence electrons. The van der Waals surface area contributed by atoms with Crippen LogP contribution in [-0.2, 0) is 0 Å². The molecular formula is C15H24N2O2. The number of piperidine rings is 1. The van der Waals surface area contributed by atoms with Gasteiger partial charge in [0.05, 0.1) is 18.9 Å². The molecule has 0 aliphatic carbocycles. The van der Waals surface area contributed by atoms with Crippen molar-refractivity contribution >= 4 is 5.69 Å². The predicted octanol–water partition coefficient (Wildman–Crippen LogP) is 2.04. The fourth-order valence-electron chi connectivity index (χ4n) is 2.55. The highest BCUT2D eigenvalue weighted by atomic mass is 16.5. The standard InChI is InChI=1S/C15H24N2O2/c1-11-5-7-17(8-6-11)10-14(18)12-3-4-15(19-2)13(16)9-12/h3-4,9,11,14,18H,5-8,10,16H2,1-2H3. The van der Waals surface area contributed by atoms with Crippen LogP contribution in [0.25, 0.3) is 0 Å². The van der Waals surface area contributed by atoms with Crippen LogP contribution in [0.2, 0.25) is 0 Å². The minimum Gasteiger partial charge on any atom is -0.495 e. The second-order valence-corrected chi connectivity index (χ2v) is 5.50. The van der Waals surface area contributed by atoms with Crippen molar-refractivity contribution in [2.75, 3.05) is 32.5 Å². The molecule has 1 fully saturated rings. The Kier molecular flexibility index (Phi) is 4.66. The smallest absolute Gasteiger partial charge is 0.141 e. The molecule has 0 aromatic heterocycles. The molecule has 0 saturated carbocycles. The Balaban J connectivity index is 1.96. The van der Waals surface area contributed by atoms with Crippen molar-refractivity contribution in [2.24, 2.45) is 5.92 Å². The van der Waals surface area contributed by atoms with Gasteiger partial charge in [-0.05, 0) is 49.5 Å². The van der Waals surface area contributed by atoms with Crippen molar-refractivity contribution in [1.29, 1.82) is 0 Å². The van der Waals surface area contributed by atoms with Crippen molar-refractivity contribution in [3.63, 3.8) is 0 Å². The van der Waals surface area contributed by atoms with Crippen molar-refractivity contribution in [3.05, 3.63) is 23.8 Å². The van der Waals surface area contributed by atoms with Crippen LogP contribution in [0.3, 0.4) is 0 Å². The van der Waals surface area contributed by atoms with Gasteiger partial charge in [-0.1, -0.05) is 13.0 Å². The predicted molar refractivity (Wildman–Crippen MR) is 77.2 cm³/mol. The van der Waals surface area contributed by atoms with E-state index >= 15 is 0 Å². The number of hydrogen-bond acceptors (Lipinski definition) is 4. The van der Waals surface area contributed by atoms with Crippen molar-refractivity contribution in [1.82, 2.24) is 4.90 Å². The molecule has 1 unspecified atom stereocenters. The normalized spacial score (nSPS) is 19.3. The lowest BCUT2D eigenvalue weighted by molar-refractivity contribution is 0.0916. The first-order valence-corrected chi connectivity index (χ1v) is 6.94. The lowest BCUT2D eigenvalue weighted by atomic mass is 9.98. The van der Waals surface area contributed by atoms with Crippen LogP contribution in [0.4, 0.5) is 5.69 Å². The number of aliphatic hydroxyl groups excluding tert-OH is 1. The number of nitrogen functional groups attached to an aromatic ring is 1. The highest BCUT2D eigenvalue weighted by Gasteiger charge is 2.19. The van der Waals surface area contributed by atoms with Gasteiger partial charge in [-0.2, -0.15) is 0 Å². The molecule has 1 aliphatic rings. The van der Waals surface area contributed by atoms with Gasteiger partial charge in [-0.15, -0.1) is 0 Å².